The van der Waals surface area contributed by atoms with Crippen LogP contribution < -0.4 is 10.1 Å². The number of aliphatic imine (C=N–C) groups is 1. The minimum absolute atomic E-state index is 0.278. The number of hydrogen-bond donors (Lipinski definition) is 1. The number of anilines is 1. The van der Waals surface area contributed by atoms with Gasteiger partial charge in [0, 0.05) is 32.9 Å². The lowest BCUT2D eigenvalue weighted by Crippen LogP contribution is -2.29. The Balaban J connectivity index is 1.19. The van der Waals surface area contributed by atoms with Crippen LogP contribution in [0.3, 0.4) is 0 Å². The second kappa shape index (κ2) is 10.8. The van der Waals surface area contributed by atoms with Crippen molar-refractivity contribution in [1.82, 2.24) is 0 Å². The lowest BCUT2D eigenvalue weighted by atomic mass is 9.76. The van der Waals surface area contributed by atoms with E-state index >= 15 is 0 Å². The van der Waals surface area contributed by atoms with Crippen LogP contribution in [-0.4, -0.2) is 6.21 Å². The van der Waals surface area contributed by atoms with E-state index < -0.39 is 0 Å². The van der Waals surface area contributed by atoms with Crippen LogP contribution in [0, 0.1) is 12.8 Å². The minimum Gasteiger partial charge on any atom is -0.488 e. The Morgan fingerprint density at radius 2 is 1.89 bits per heavy atom. The molecule has 1 aliphatic carbocycles. The van der Waals surface area contributed by atoms with E-state index in [9.17, 15) is 0 Å². The summed E-state index contributed by atoms with van der Waals surface area (Å²) in [6, 6.07) is 29.3. The summed E-state index contributed by atoms with van der Waals surface area (Å²) >= 11 is 9.69. The number of nitrogens with one attached hydrogen (secondary N) is 1. The van der Waals surface area contributed by atoms with E-state index in [0.717, 1.165) is 33.5 Å². The van der Waals surface area contributed by atoms with Crippen LogP contribution in [0.15, 0.2) is 107 Å². The molecule has 4 aromatic rings. The third-order valence-corrected chi connectivity index (χ3v) is 8.11. The maximum Gasteiger partial charge on any atom is 0.128 e. The van der Waals surface area contributed by atoms with Crippen molar-refractivity contribution in [2.24, 2.45) is 10.9 Å². The molecule has 3 nitrogen and oxygen atoms in total. The molecule has 5 heteroatoms. The van der Waals surface area contributed by atoms with E-state index in [-0.39, 0.29) is 6.04 Å². The van der Waals surface area contributed by atoms with Crippen molar-refractivity contribution in [3.05, 3.63) is 134 Å². The molecule has 0 unspecified atom stereocenters. The summed E-state index contributed by atoms with van der Waals surface area (Å²) in [7, 11) is 0. The third kappa shape index (κ3) is 5.29. The van der Waals surface area contributed by atoms with Gasteiger partial charge in [-0.2, -0.15) is 0 Å². The third-order valence-electron chi connectivity index (χ3n) is 7.38. The molecule has 6 rings (SSSR count). The zero-order valence-electron chi connectivity index (χ0n) is 21.1. The van der Waals surface area contributed by atoms with Gasteiger partial charge in [0.15, 0.2) is 0 Å². The number of nitrogens with zero attached hydrogens (tertiary/aromatic N) is 1. The van der Waals surface area contributed by atoms with E-state index in [0.29, 0.717) is 23.5 Å². The number of ether oxygens (including phenoxy) is 1. The van der Waals surface area contributed by atoms with Crippen LogP contribution in [0.1, 0.15) is 46.2 Å². The second-order valence-corrected chi connectivity index (χ2v) is 11.4. The molecule has 1 heterocycles. The average molecular weight is 584 g/mol. The monoisotopic (exact) mass is 582 g/mol. The number of benzene rings is 4. The highest BCUT2D eigenvalue weighted by atomic mass is 79.9. The first-order valence-corrected chi connectivity index (χ1v) is 14.1. The van der Waals surface area contributed by atoms with Crippen LogP contribution in [0.4, 0.5) is 11.4 Å². The smallest absolute Gasteiger partial charge is 0.128 e. The standard InChI is InChI=1S/C33H28BrClN2O/c1-21-8-14-31-30(16-21)28-6-3-7-29(28)33(37-31)23-9-12-27(13-10-23)36-19-24-18-25(34)11-15-32(24)38-20-22-4-2-5-26(35)17-22/h2-6,8-19,28-29,33,37H,7,20H2,1H3/t28-,29-,33+/m1/s1. The van der Waals surface area contributed by atoms with Gasteiger partial charge in [-0.05, 0) is 84.5 Å². The summed E-state index contributed by atoms with van der Waals surface area (Å²) in [6.45, 7) is 2.60. The van der Waals surface area contributed by atoms with Gasteiger partial charge in [0.2, 0.25) is 0 Å². The summed E-state index contributed by atoms with van der Waals surface area (Å²) in [6.07, 6.45) is 7.68. The van der Waals surface area contributed by atoms with Crippen molar-refractivity contribution in [1.29, 1.82) is 0 Å². The first-order valence-electron chi connectivity index (χ1n) is 12.9. The van der Waals surface area contributed by atoms with Crippen LogP contribution >= 0.6 is 27.5 Å². The second-order valence-electron chi connectivity index (χ2n) is 10.0. The molecule has 1 aliphatic heterocycles. The first-order chi connectivity index (χ1) is 18.5. The molecule has 0 bridgehead atoms. The molecule has 38 heavy (non-hydrogen) atoms. The van der Waals surface area contributed by atoms with Gasteiger partial charge in [0.1, 0.15) is 12.4 Å². The number of rotatable bonds is 6. The number of hydrogen-bond acceptors (Lipinski definition) is 3. The fraction of sp³-hybridized carbons (Fsp3) is 0.182. The van der Waals surface area contributed by atoms with Crippen molar-refractivity contribution in [3.63, 3.8) is 0 Å². The Bertz CT molecular complexity index is 1530. The molecule has 3 atom stereocenters. The zero-order chi connectivity index (χ0) is 26.1. The molecule has 190 valence electrons. The van der Waals surface area contributed by atoms with Gasteiger partial charge in [0.05, 0.1) is 11.7 Å². The molecule has 1 N–H and O–H groups in total. The topological polar surface area (TPSA) is 33.6 Å². The predicted molar refractivity (Wildman–Crippen MR) is 161 cm³/mol. The fourth-order valence-electron chi connectivity index (χ4n) is 5.50. The SMILES string of the molecule is Cc1ccc2c(c1)[C@@H]1C=CC[C@H]1[C@H](c1ccc(N=Cc3cc(Br)ccc3OCc3cccc(Cl)c3)cc1)N2. The molecular formula is C33H28BrClN2O. The van der Waals surface area contributed by atoms with Crippen molar-refractivity contribution in [2.45, 2.75) is 31.9 Å². The quantitative estimate of drug-likeness (QED) is 0.181. The van der Waals surface area contributed by atoms with Gasteiger partial charge in [-0.3, -0.25) is 4.99 Å². The van der Waals surface area contributed by atoms with E-state index in [4.69, 9.17) is 21.3 Å². The van der Waals surface area contributed by atoms with E-state index in [1.807, 2.05) is 48.7 Å². The fourth-order valence-corrected chi connectivity index (χ4v) is 6.09. The van der Waals surface area contributed by atoms with Crippen molar-refractivity contribution in [3.8, 4) is 5.75 Å². The summed E-state index contributed by atoms with van der Waals surface area (Å²) in [5.74, 6) is 1.77. The van der Waals surface area contributed by atoms with E-state index in [2.05, 4.69) is 82.8 Å². The lowest BCUT2D eigenvalue weighted by molar-refractivity contribution is 0.306. The van der Waals surface area contributed by atoms with Crippen molar-refractivity contribution >= 4 is 45.1 Å². The molecule has 4 aromatic carbocycles. The van der Waals surface area contributed by atoms with Crippen LogP contribution in [0.2, 0.25) is 5.02 Å². The highest BCUT2D eigenvalue weighted by Crippen LogP contribution is 2.50. The van der Waals surface area contributed by atoms with Gasteiger partial charge in [-0.15, -0.1) is 0 Å². The van der Waals surface area contributed by atoms with Crippen molar-refractivity contribution < 1.29 is 4.74 Å². The molecule has 0 spiro atoms. The van der Waals surface area contributed by atoms with Crippen LogP contribution in [0.25, 0.3) is 0 Å². The molecule has 0 radical (unpaired) electrons. The summed E-state index contributed by atoms with van der Waals surface area (Å²) in [5, 5.41) is 4.53. The predicted octanol–water partition coefficient (Wildman–Crippen LogP) is 9.57. The number of halogens is 2. The number of allylic oxidation sites excluding steroid dienone is 2. The summed E-state index contributed by atoms with van der Waals surface area (Å²) in [5.41, 5.74) is 8.11. The number of aryl methyl sites for hydroxylation is 1. The maximum atomic E-state index is 6.12. The maximum absolute atomic E-state index is 6.12. The molecule has 0 saturated carbocycles. The Hall–Kier alpha value is -3.34. The molecular weight excluding hydrogens is 556 g/mol. The van der Waals surface area contributed by atoms with Gasteiger partial charge < -0.3 is 10.1 Å². The highest BCUT2D eigenvalue weighted by Gasteiger charge is 2.37. The van der Waals surface area contributed by atoms with Gasteiger partial charge in [-0.1, -0.05) is 81.6 Å². The van der Waals surface area contributed by atoms with Gasteiger partial charge in [0.25, 0.3) is 0 Å². The van der Waals surface area contributed by atoms with Gasteiger partial charge in [-0.25, -0.2) is 0 Å². The van der Waals surface area contributed by atoms with E-state index in [1.54, 1.807) is 0 Å². The lowest BCUT2D eigenvalue weighted by Gasteiger charge is -2.37. The molecule has 0 saturated heterocycles. The Morgan fingerprint density at radius 3 is 2.74 bits per heavy atom. The Morgan fingerprint density at radius 1 is 1.03 bits per heavy atom. The minimum atomic E-state index is 0.278. The Labute approximate surface area is 237 Å². The summed E-state index contributed by atoms with van der Waals surface area (Å²) in [4.78, 5) is 4.77. The first kappa shape index (κ1) is 25.0. The normalized spacial score (nSPS) is 19.7. The van der Waals surface area contributed by atoms with Crippen LogP contribution in [-0.2, 0) is 6.61 Å². The van der Waals surface area contributed by atoms with Gasteiger partial charge >= 0.3 is 0 Å². The Kier molecular flexibility index (Phi) is 7.10. The average Bonchev–Trinajstić information content (AvgIpc) is 3.42. The number of fused-ring (bicyclic) bond motifs is 3. The molecule has 0 fully saturated rings. The van der Waals surface area contributed by atoms with Crippen molar-refractivity contribution in [2.75, 3.05) is 5.32 Å². The summed E-state index contributed by atoms with van der Waals surface area (Å²) < 4.78 is 7.09. The zero-order valence-corrected chi connectivity index (χ0v) is 23.4. The van der Waals surface area contributed by atoms with Crippen LogP contribution in [0.5, 0.6) is 5.75 Å². The highest BCUT2D eigenvalue weighted by molar-refractivity contribution is 9.10. The molecule has 0 aromatic heterocycles. The van der Waals surface area contributed by atoms with E-state index in [1.165, 1.54) is 22.4 Å². The molecule has 2 aliphatic rings. The largest absolute Gasteiger partial charge is 0.488 e. The molecule has 0 amide bonds.